The van der Waals surface area contributed by atoms with Crippen LogP contribution in [-0.4, -0.2) is 54.6 Å². The lowest BCUT2D eigenvalue weighted by atomic mass is 9.88. The number of likely N-dealkylation sites (tertiary alicyclic amines) is 1. The van der Waals surface area contributed by atoms with E-state index in [0.29, 0.717) is 36.6 Å². The highest BCUT2D eigenvalue weighted by molar-refractivity contribution is 5.82. The fraction of sp³-hybridized carbons (Fsp3) is 0.941. The van der Waals surface area contributed by atoms with E-state index in [4.69, 9.17) is 4.74 Å². The van der Waals surface area contributed by atoms with Crippen molar-refractivity contribution in [1.82, 2.24) is 10.2 Å². The summed E-state index contributed by atoms with van der Waals surface area (Å²) < 4.78 is 6.19. The van der Waals surface area contributed by atoms with Gasteiger partial charge in [0.15, 0.2) is 0 Å². The third kappa shape index (κ3) is 5.35. The van der Waals surface area contributed by atoms with E-state index in [0.717, 1.165) is 38.8 Å². The number of hydrogen-bond donors (Lipinski definition) is 1. The van der Waals surface area contributed by atoms with Crippen molar-refractivity contribution >= 4 is 5.78 Å². The van der Waals surface area contributed by atoms with Gasteiger partial charge < -0.3 is 10.1 Å². The van der Waals surface area contributed by atoms with E-state index in [9.17, 15) is 4.79 Å². The number of ketones is 1. The van der Waals surface area contributed by atoms with Crippen LogP contribution >= 0.6 is 0 Å². The van der Waals surface area contributed by atoms with Gasteiger partial charge in [0.25, 0.3) is 0 Å². The van der Waals surface area contributed by atoms with E-state index < -0.39 is 0 Å². The number of carbonyl (C=O) groups is 1. The van der Waals surface area contributed by atoms with Gasteiger partial charge in [-0.25, -0.2) is 0 Å². The van der Waals surface area contributed by atoms with Crippen molar-refractivity contribution in [2.45, 2.75) is 77.7 Å². The maximum atomic E-state index is 11.8. The third-order valence-corrected chi connectivity index (χ3v) is 4.61. The molecule has 0 aromatic carbocycles. The quantitative estimate of drug-likeness (QED) is 0.782. The Labute approximate surface area is 129 Å². The molecular formula is C17H32N2O2. The molecule has 0 atom stereocenters. The number of nitrogens with zero attached hydrogens (tertiary/aromatic N) is 1. The Bertz CT molecular complexity index is 330. The number of ether oxygens (including phenoxy) is 1. The van der Waals surface area contributed by atoms with Crippen molar-refractivity contribution in [2.75, 3.05) is 19.6 Å². The van der Waals surface area contributed by atoms with Gasteiger partial charge in [-0.3, -0.25) is 9.69 Å². The van der Waals surface area contributed by atoms with Gasteiger partial charge in [0.05, 0.1) is 18.8 Å². The van der Waals surface area contributed by atoms with E-state index >= 15 is 0 Å². The average Bonchev–Trinajstić information content (AvgIpc) is 2.37. The molecule has 4 nitrogen and oxygen atoms in total. The number of hydrogen-bond acceptors (Lipinski definition) is 4. The number of piperidine rings is 1. The molecular weight excluding hydrogens is 264 g/mol. The van der Waals surface area contributed by atoms with Crippen molar-refractivity contribution in [3.63, 3.8) is 0 Å². The van der Waals surface area contributed by atoms with Crippen molar-refractivity contribution in [3.8, 4) is 0 Å². The second-order valence-corrected chi connectivity index (χ2v) is 7.34. The predicted molar refractivity (Wildman–Crippen MR) is 85.5 cm³/mol. The zero-order valence-electron chi connectivity index (χ0n) is 14.1. The lowest BCUT2D eigenvalue weighted by Gasteiger charge is -2.41. The van der Waals surface area contributed by atoms with Gasteiger partial charge in [-0.05, 0) is 25.7 Å². The lowest BCUT2D eigenvalue weighted by molar-refractivity contribution is -0.124. The Hall–Kier alpha value is -0.450. The normalized spacial score (nSPS) is 28.1. The molecule has 0 amide bonds. The molecule has 1 aliphatic carbocycles. The third-order valence-electron chi connectivity index (χ3n) is 4.61. The minimum atomic E-state index is 0.152. The Balaban J connectivity index is 1.59. The van der Waals surface area contributed by atoms with Crippen LogP contribution in [0.15, 0.2) is 0 Å². The summed E-state index contributed by atoms with van der Waals surface area (Å²) in [5.74, 6) is 0.510. The molecule has 1 heterocycles. The molecule has 122 valence electrons. The first kappa shape index (κ1) is 16.9. The molecule has 2 fully saturated rings. The monoisotopic (exact) mass is 296 g/mol. The highest BCUT2D eigenvalue weighted by atomic mass is 16.5. The largest absolute Gasteiger partial charge is 0.375 e. The zero-order chi connectivity index (χ0) is 15.4. The van der Waals surface area contributed by atoms with Gasteiger partial charge in [0, 0.05) is 31.1 Å². The summed E-state index contributed by atoms with van der Waals surface area (Å²) in [6, 6.07) is 1.22. The van der Waals surface area contributed by atoms with Gasteiger partial charge in [0.2, 0.25) is 0 Å². The van der Waals surface area contributed by atoms with E-state index in [-0.39, 0.29) is 5.92 Å². The number of carbonyl (C=O) groups excluding carboxylic acids is 1. The van der Waals surface area contributed by atoms with E-state index in [1.807, 2.05) is 13.8 Å². The summed E-state index contributed by atoms with van der Waals surface area (Å²) >= 11 is 0. The topological polar surface area (TPSA) is 41.6 Å². The first-order chi connectivity index (χ1) is 9.94. The molecule has 21 heavy (non-hydrogen) atoms. The summed E-state index contributed by atoms with van der Waals surface area (Å²) in [4.78, 5) is 14.1. The lowest BCUT2D eigenvalue weighted by Crippen LogP contribution is -2.50. The van der Waals surface area contributed by atoms with Crippen molar-refractivity contribution in [2.24, 2.45) is 5.92 Å². The van der Waals surface area contributed by atoms with Crippen LogP contribution in [0.1, 0.15) is 53.4 Å². The fourth-order valence-electron chi connectivity index (χ4n) is 3.16. The minimum Gasteiger partial charge on any atom is -0.375 e. The molecule has 1 saturated carbocycles. The molecule has 2 aliphatic rings. The molecule has 0 radical (unpaired) electrons. The van der Waals surface area contributed by atoms with Gasteiger partial charge in [-0.15, -0.1) is 0 Å². The van der Waals surface area contributed by atoms with Crippen LogP contribution in [0.3, 0.4) is 0 Å². The summed E-state index contributed by atoms with van der Waals surface area (Å²) in [5, 5.41) is 3.56. The fourth-order valence-corrected chi connectivity index (χ4v) is 3.16. The van der Waals surface area contributed by atoms with E-state index in [1.165, 1.54) is 0 Å². The highest BCUT2D eigenvalue weighted by Gasteiger charge is 2.33. The highest BCUT2D eigenvalue weighted by Crippen LogP contribution is 2.27. The van der Waals surface area contributed by atoms with Crippen molar-refractivity contribution in [3.05, 3.63) is 0 Å². The molecule has 0 bridgehead atoms. The summed E-state index contributed by atoms with van der Waals surface area (Å²) in [6.07, 6.45) is 5.32. The molecule has 0 aromatic rings. The molecule has 1 saturated heterocycles. The van der Waals surface area contributed by atoms with Gasteiger partial charge >= 0.3 is 0 Å². The van der Waals surface area contributed by atoms with Gasteiger partial charge in [-0.1, -0.05) is 27.7 Å². The second-order valence-electron chi connectivity index (χ2n) is 7.34. The van der Waals surface area contributed by atoms with Crippen LogP contribution < -0.4 is 5.32 Å². The number of rotatable bonds is 7. The van der Waals surface area contributed by atoms with Crippen LogP contribution in [0.25, 0.3) is 0 Å². The van der Waals surface area contributed by atoms with E-state index in [2.05, 4.69) is 24.1 Å². The summed E-state index contributed by atoms with van der Waals surface area (Å²) in [7, 11) is 0. The first-order valence-electron chi connectivity index (χ1n) is 8.60. The van der Waals surface area contributed by atoms with Gasteiger partial charge in [0.1, 0.15) is 5.78 Å². The Kier molecular flexibility index (Phi) is 6.20. The SMILES string of the molecule is CC(C)NC1CC(OC2CCN(CC(=O)C(C)C)CC2)C1. The molecule has 0 spiro atoms. The van der Waals surface area contributed by atoms with Crippen LogP contribution in [0.4, 0.5) is 0 Å². The molecule has 0 unspecified atom stereocenters. The zero-order valence-corrected chi connectivity index (χ0v) is 14.1. The van der Waals surface area contributed by atoms with Crippen LogP contribution in [0, 0.1) is 5.92 Å². The first-order valence-corrected chi connectivity index (χ1v) is 8.60. The summed E-state index contributed by atoms with van der Waals surface area (Å²) in [5.41, 5.74) is 0. The summed E-state index contributed by atoms with van der Waals surface area (Å²) in [6.45, 7) is 11.0. The maximum absolute atomic E-state index is 11.8. The average molecular weight is 296 g/mol. The number of Topliss-reactive ketones (excluding diaryl/α,β-unsaturated/α-hetero) is 1. The number of nitrogens with one attached hydrogen (secondary N) is 1. The minimum absolute atomic E-state index is 0.152. The Morgan fingerprint density at radius 1 is 1.14 bits per heavy atom. The molecule has 4 heteroatoms. The van der Waals surface area contributed by atoms with Crippen LogP contribution in [-0.2, 0) is 9.53 Å². The molecule has 2 rings (SSSR count). The van der Waals surface area contributed by atoms with Crippen molar-refractivity contribution in [1.29, 1.82) is 0 Å². The van der Waals surface area contributed by atoms with Crippen molar-refractivity contribution < 1.29 is 9.53 Å². The Morgan fingerprint density at radius 2 is 1.76 bits per heavy atom. The standard InChI is InChI=1S/C17H32N2O2/c1-12(2)17(20)11-19-7-5-15(6-8-19)21-16-9-14(10-16)18-13(3)4/h12-16,18H,5-11H2,1-4H3. The second kappa shape index (κ2) is 7.70. The smallest absolute Gasteiger partial charge is 0.149 e. The molecule has 1 aliphatic heterocycles. The molecule has 0 aromatic heterocycles. The maximum Gasteiger partial charge on any atom is 0.149 e. The van der Waals surface area contributed by atoms with Crippen LogP contribution in [0.5, 0.6) is 0 Å². The van der Waals surface area contributed by atoms with Crippen LogP contribution in [0.2, 0.25) is 0 Å². The van der Waals surface area contributed by atoms with E-state index in [1.54, 1.807) is 0 Å². The molecule has 1 N–H and O–H groups in total. The Morgan fingerprint density at radius 3 is 2.29 bits per heavy atom. The predicted octanol–water partition coefficient (Wildman–Crippen LogP) is 2.22. The van der Waals surface area contributed by atoms with Gasteiger partial charge in [-0.2, -0.15) is 0 Å².